The van der Waals surface area contributed by atoms with Crippen molar-refractivity contribution in [2.75, 3.05) is 0 Å². The third-order valence-electron chi connectivity index (χ3n) is 9.03. The van der Waals surface area contributed by atoms with Crippen molar-refractivity contribution in [1.82, 2.24) is 9.97 Å². The summed E-state index contributed by atoms with van der Waals surface area (Å²) >= 11 is 29.0. The molecule has 0 spiro atoms. The molecule has 0 amide bonds. The molecule has 2 nitrogen and oxygen atoms in total. The van der Waals surface area contributed by atoms with E-state index in [2.05, 4.69) is 97.1 Å². The van der Waals surface area contributed by atoms with Gasteiger partial charge in [-0.2, -0.15) is 0 Å². The average Bonchev–Trinajstić information content (AvgIpc) is 3.99. The van der Waals surface area contributed by atoms with Gasteiger partial charge in [-0.1, -0.05) is 94.9 Å². The summed E-state index contributed by atoms with van der Waals surface area (Å²) in [5, 5.41) is 2.72. The lowest BCUT2D eigenvalue weighted by atomic mass is 10.0. The van der Waals surface area contributed by atoms with Crippen molar-refractivity contribution in [3.63, 3.8) is 0 Å². The molecule has 4 aromatic carbocycles. The molecule has 2 aliphatic rings. The van der Waals surface area contributed by atoms with E-state index in [1.165, 1.54) is 0 Å². The van der Waals surface area contributed by atoms with Gasteiger partial charge < -0.3 is 0 Å². The molecule has 8 heteroatoms. The summed E-state index contributed by atoms with van der Waals surface area (Å²) < 4.78 is 4.30. The number of rotatable bonds is 4. The molecule has 9 rings (SSSR count). The highest BCUT2D eigenvalue weighted by Gasteiger charge is 2.19. The minimum atomic E-state index is 0.679. The maximum Gasteiger partial charge on any atom is 0.0730 e. The number of benzene rings is 4. The molecule has 52 heavy (non-hydrogen) atoms. The lowest BCUT2D eigenvalue weighted by Gasteiger charge is -2.06. The lowest BCUT2D eigenvalue weighted by Crippen LogP contribution is -1.86. The maximum absolute atomic E-state index is 6.38. The third kappa shape index (κ3) is 6.30. The molecule has 250 valence electrons. The van der Waals surface area contributed by atoms with E-state index < -0.39 is 0 Å². The Hall–Kier alpha value is -4.52. The zero-order chi connectivity index (χ0) is 35.3. The van der Waals surface area contributed by atoms with E-state index in [4.69, 9.17) is 56.4 Å². The molecule has 0 radical (unpaired) electrons. The van der Waals surface area contributed by atoms with Crippen molar-refractivity contribution in [3.05, 3.63) is 164 Å². The van der Waals surface area contributed by atoms with E-state index in [1.807, 2.05) is 48.5 Å². The highest BCUT2D eigenvalue weighted by molar-refractivity contribution is 7.24. The lowest BCUT2D eigenvalue weighted by molar-refractivity contribution is 1.33. The minimum absolute atomic E-state index is 0.679. The Morgan fingerprint density at radius 3 is 0.712 bits per heavy atom. The number of aromatic nitrogens is 2. The quantitative estimate of drug-likeness (QED) is 0.178. The van der Waals surface area contributed by atoms with E-state index in [1.54, 1.807) is 22.7 Å². The summed E-state index contributed by atoms with van der Waals surface area (Å²) in [4.78, 5) is 10.7. The molecule has 0 saturated heterocycles. The second-order valence-electron chi connectivity index (χ2n) is 12.3. The molecule has 0 N–H and O–H groups in total. The predicted octanol–water partition coefficient (Wildman–Crippen LogP) is 15.4. The fourth-order valence-electron chi connectivity index (χ4n) is 6.63. The summed E-state index contributed by atoms with van der Waals surface area (Å²) in [5.74, 6) is 0. The number of thiophene rings is 2. The topological polar surface area (TPSA) is 25.8 Å². The first-order chi connectivity index (χ1) is 25.4. The summed E-state index contributed by atoms with van der Waals surface area (Å²) in [6.45, 7) is 0. The summed E-state index contributed by atoms with van der Waals surface area (Å²) in [6, 6.07) is 40.6. The minimum Gasteiger partial charge on any atom is -0.248 e. The fourth-order valence-corrected chi connectivity index (χ4v) is 9.45. The van der Waals surface area contributed by atoms with Gasteiger partial charge in [0.15, 0.2) is 0 Å². The van der Waals surface area contributed by atoms with Gasteiger partial charge in [-0.3, -0.25) is 0 Å². The first kappa shape index (κ1) is 33.3. The molecule has 0 saturated carbocycles. The van der Waals surface area contributed by atoms with Crippen LogP contribution in [0.1, 0.15) is 22.8 Å². The molecule has 8 bridgehead atoms. The molecule has 0 unspecified atom stereocenters. The fraction of sp³-hybridized carbons (Fsp3) is 0. The summed E-state index contributed by atoms with van der Waals surface area (Å²) in [6.07, 6.45) is 8.45. The monoisotopic (exact) mass is 784 g/mol. The first-order valence-corrected chi connectivity index (χ1v) is 19.5. The average molecular weight is 787 g/mol. The van der Waals surface area contributed by atoms with Gasteiger partial charge in [0.25, 0.3) is 0 Å². The van der Waals surface area contributed by atoms with Crippen LogP contribution in [0.4, 0.5) is 0 Å². The van der Waals surface area contributed by atoms with Gasteiger partial charge in [0, 0.05) is 61.1 Å². The second-order valence-corrected chi connectivity index (χ2v) is 16.2. The standard InChI is InChI=1S/C44H24Cl4N2S2/c45-29-9-1-25(2-10-29)41-33-17-18-34(49-33)42(26-3-11-30(46)12-4-26)39-23-24-40(52-39)44(28-7-15-32(48)16-8-28)36-20-19-35(50-36)43(38-22-21-37(41)51-38)27-5-13-31(47)14-6-27/h1-24H. The molecule has 0 aliphatic carbocycles. The van der Waals surface area contributed by atoms with Crippen molar-refractivity contribution in [2.45, 2.75) is 0 Å². The Balaban J connectivity index is 1.47. The van der Waals surface area contributed by atoms with Crippen LogP contribution in [0, 0.1) is 0 Å². The molecule has 3 aromatic heterocycles. The van der Waals surface area contributed by atoms with Crippen LogP contribution in [0.5, 0.6) is 0 Å². The van der Waals surface area contributed by atoms with Crippen molar-refractivity contribution in [3.8, 4) is 44.5 Å². The smallest absolute Gasteiger partial charge is 0.0730 e. The van der Waals surface area contributed by atoms with Gasteiger partial charge in [-0.25, -0.2) is 9.97 Å². The molecule has 0 fully saturated rings. The highest BCUT2D eigenvalue weighted by atomic mass is 35.5. The normalized spacial score (nSPS) is 12.1. The van der Waals surface area contributed by atoms with Crippen LogP contribution >= 0.6 is 69.1 Å². The van der Waals surface area contributed by atoms with Gasteiger partial charge in [0.05, 0.1) is 22.8 Å². The van der Waals surface area contributed by atoms with Gasteiger partial charge >= 0.3 is 0 Å². The van der Waals surface area contributed by atoms with Crippen molar-refractivity contribution in [1.29, 1.82) is 0 Å². The van der Waals surface area contributed by atoms with Crippen molar-refractivity contribution in [2.24, 2.45) is 0 Å². The molecular formula is C44H24Cl4N2S2. The van der Waals surface area contributed by atoms with Crippen LogP contribution in [0.2, 0.25) is 20.1 Å². The number of nitrogens with zero attached hydrogens (tertiary/aromatic N) is 2. The van der Waals surface area contributed by atoms with E-state index in [0.29, 0.717) is 20.1 Å². The van der Waals surface area contributed by atoms with Gasteiger partial charge in [0.2, 0.25) is 0 Å². The van der Waals surface area contributed by atoms with Crippen molar-refractivity contribution < 1.29 is 0 Å². The Morgan fingerprint density at radius 2 is 0.500 bits per heavy atom. The predicted molar refractivity (Wildman–Crippen MR) is 228 cm³/mol. The number of fused-ring (bicyclic) bond motifs is 8. The van der Waals surface area contributed by atoms with E-state index in [9.17, 15) is 0 Å². The Bertz CT molecular complexity index is 2370. The van der Waals surface area contributed by atoms with Gasteiger partial charge in [-0.15, -0.1) is 22.7 Å². The zero-order valence-corrected chi connectivity index (χ0v) is 31.7. The van der Waals surface area contributed by atoms with Gasteiger partial charge in [0.1, 0.15) is 0 Å². The summed E-state index contributed by atoms with van der Waals surface area (Å²) in [5.41, 5.74) is 11.7. The Kier molecular flexibility index (Phi) is 8.84. The SMILES string of the molecule is Clc1ccc(-c2c3nc(c(-c4ccc(Cl)cc4)c4ccc(s4)c(-c4ccc(Cl)cc4)c4nc(c(-c5ccc(Cl)cc5)c5ccc2s5)C=C4)C=C3)cc1. The van der Waals surface area contributed by atoms with Crippen LogP contribution in [-0.4, -0.2) is 9.97 Å². The zero-order valence-electron chi connectivity index (χ0n) is 27.1. The second kappa shape index (κ2) is 13.8. The van der Waals surface area contributed by atoms with Crippen LogP contribution < -0.4 is 0 Å². The molecule has 0 atom stereocenters. The molecule has 5 heterocycles. The number of hydrogen-bond acceptors (Lipinski definition) is 4. The Labute approximate surface area is 328 Å². The van der Waals surface area contributed by atoms with Crippen LogP contribution in [0.25, 0.3) is 87.6 Å². The first-order valence-electron chi connectivity index (χ1n) is 16.4. The van der Waals surface area contributed by atoms with E-state index in [0.717, 1.165) is 86.1 Å². The summed E-state index contributed by atoms with van der Waals surface area (Å²) in [7, 11) is 0. The largest absolute Gasteiger partial charge is 0.248 e. The molecule has 7 aromatic rings. The highest BCUT2D eigenvalue weighted by Crippen LogP contribution is 2.43. The van der Waals surface area contributed by atoms with Gasteiger partial charge in [-0.05, 0) is 119 Å². The molecule has 2 aliphatic heterocycles. The van der Waals surface area contributed by atoms with Crippen LogP contribution in [0.15, 0.2) is 121 Å². The maximum atomic E-state index is 6.38. The van der Waals surface area contributed by atoms with Crippen LogP contribution in [0.3, 0.4) is 0 Å². The van der Waals surface area contributed by atoms with E-state index in [-0.39, 0.29) is 0 Å². The molecular weight excluding hydrogens is 762 g/mol. The van der Waals surface area contributed by atoms with Crippen molar-refractivity contribution >= 4 is 112 Å². The van der Waals surface area contributed by atoms with E-state index >= 15 is 0 Å². The Morgan fingerprint density at radius 1 is 0.288 bits per heavy atom. The van der Waals surface area contributed by atoms with Crippen LogP contribution in [-0.2, 0) is 0 Å². The number of halogens is 4. The third-order valence-corrected chi connectivity index (χ3v) is 12.3. The number of hydrogen-bond donors (Lipinski definition) is 0.